The molecule has 4 aromatic rings. The average Bonchev–Trinajstić information content (AvgIpc) is 3.21. The highest BCUT2D eigenvalue weighted by Crippen LogP contribution is 2.43. The van der Waals surface area contributed by atoms with Crippen molar-refractivity contribution < 1.29 is 14.3 Å². The fourth-order valence-corrected chi connectivity index (χ4v) is 6.31. The number of carbonyl (C=O) groups is 2. The molecular formula is C28H27N3O3S. The highest BCUT2D eigenvalue weighted by molar-refractivity contribution is 7.21. The van der Waals surface area contributed by atoms with Crippen LogP contribution < -0.4 is 10.1 Å². The van der Waals surface area contributed by atoms with Crippen molar-refractivity contribution in [3.05, 3.63) is 59.0 Å². The first kappa shape index (κ1) is 22.2. The van der Waals surface area contributed by atoms with Crippen molar-refractivity contribution in [2.45, 2.75) is 31.7 Å². The van der Waals surface area contributed by atoms with Gasteiger partial charge in [-0.05, 0) is 68.6 Å². The Morgan fingerprint density at radius 1 is 1.11 bits per heavy atom. The van der Waals surface area contributed by atoms with E-state index in [9.17, 15) is 9.59 Å². The van der Waals surface area contributed by atoms with Crippen LogP contribution in [0.2, 0.25) is 0 Å². The lowest BCUT2D eigenvalue weighted by Gasteiger charge is -2.30. The number of pyridine rings is 1. The second-order valence-corrected chi connectivity index (χ2v) is 10.6. The predicted molar refractivity (Wildman–Crippen MR) is 139 cm³/mol. The van der Waals surface area contributed by atoms with Gasteiger partial charge in [0.2, 0.25) is 0 Å². The Kier molecular flexibility index (Phi) is 5.74. The van der Waals surface area contributed by atoms with Crippen molar-refractivity contribution in [1.82, 2.24) is 15.2 Å². The van der Waals surface area contributed by atoms with Gasteiger partial charge in [0.05, 0.1) is 23.8 Å². The van der Waals surface area contributed by atoms with E-state index in [4.69, 9.17) is 9.72 Å². The highest BCUT2D eigenvalue weighted by Gasteiger charge is 2.26. The van der Waals surface area contributed by atoms with Gasteiger partial charge in [0.25, 0.3) is 5.91 Å². The average molecular weight is 486 g/mol. The maximum absolute atomic E-state index is 12.6. The fraction of sp³-hybridized carbons (Fsp3) is 0.321. The minimum Gasteiger partial charge on any atom is -0.489 e. The van der Waals surface area contributed by atoms with Crippen LogP contribution in [0.4, 0.5) is 0 Å². The van der Waals surface area contributed by atoms with Gasteiger partial charge in [-0.15, -0.1) is 11.3 Å². The predicted octanol–water partition coefficient (Wildman–Crippen LogP) is 5.01. The van der Waals surface area contributed by atoms with E-state index in [0.717, 1.165) is 64.5 Å². The summed E-state index contributed by atoms with van der Waals surface area (Å²) in [7, 11) is 0. The van der Waals surface area contributed by atoms with E-state index in [1.807, 2.05) is 19.1 Å². The monoisotopic (exact) mass is 485 g/mol. The van der Waals surface area contributed by atoms with Gasteiger partial charge < -0.3 is 14.8 Å². The molecule has 0 radical (unpaired) electrons. The molecule has 1 saturated heterocycles. The zero-order chi connectivity index (χ0) is 23.9. The van der Waals surface area contributed by atoms with Gasteiger partial charge in [0, 0.05) is 21.0 Å². The normalized spacial score (nSPS) is 19.2. The number of nitrogens with one attached hydrogen (secondary N) is 1. The number of ether oxygens (including phenoxy) is 1. The van der Waals surface area contributed by atoms with E-state index in [0.29, 0.717) is 29.7 Å². The molecule has 1 fully saturated rings. The summed E-state index contributed by atoms with van der Waals surface area (Å²) >= 11 is 1.47. The third kappa shape index (κ3) is 4.09. The van der Waals surface area contributed by atoms with E-state index < -0.39 is 0 Å². The van der Waals surface area contributed by atoms with Gasteiger partial charge in [-0.25, -0.2) is 4.98 Å². The number of hydrogen-bond acceptors (Lipinski definition) is 6. The Balaban J connectivity index is 1.30. The van der Waals surface area contributed by atoms with E-state index in [1.165, 1.54) is 16.9 Å². The lowest BCUT2D eigenvalue weighted by Crippen LogP contribution is -2.34. The van der Waals surface area contributed by atoms with Crippen molar-refractivity contribution in [2.24, 2.45) is 0 Å². The van der Waals surface area contributed by atoms with E-state index >= 15 is 0 Å². The Morgan fingerprint density at radius 3 is 2.69 bits per heavy atom. The number of aromatic nitrogens is 1. The van der Waals surface area contributed by atoms with Crippen molar-refractivity contribution in [1.29, 1.82) is 0 Å². The summed E-state index contributed by atoms with van der Waals surface area (Å²) in [6.45, 7) is 4.89. The highest BCUT2D eigenvalue weighted by atomic mass is 32.1. The molecule has 2 aliphatic heterocycles. The molecule has 1 atom stereocenters. The summed E-state index contributed by atoms with van der Waals surface area (Å²) in [5.74, 6) is 1.15. The van der Waals surface area contributed by atoms with Crippen LogP contribution in [0.15, 0.2) is 48.5 Å². The van der Waals surface area contributed by atoms with Crippen molar-refractivity contribution in [3.8, 4) is 17.0 Å². The van der Waals surface area contributed by atoms with Gasteiger partial charge in [-0.2, -0.15) is 0 Å². The fourth-order valence-electron chi connectivity index (χ4n) is 5.24. The molecule has 6 nitrogen and oxygen atoms in total. The number of hydrogen-bond donors (Lipinski definition) is 1. The number of nitrogens with zero attached hydrogens (tertiary/aromatic N) is 2. The van der Waals surface area contributed by atoms with Crippen molar-refractivity contribution in [3.63, 3.8) is 0 Å². The largest absolute Gasteiger partial charge is 0.489 e. The Labute approximate surface area is 207 Å². The number of likely N-dealkylation sites (tertiary alicyclic amines) is 1. The first-order valence-electron chi connectivity index (χ1n) is 12.2. The molecule has 35 heavy (non-hydrogen) atoms. The molecule has 1 amide bonds. The molecule has 2 aromatic heterocycles. The maximum Gasteiger partial charge on any atom is 0.265 e. The summed E-state index contributed by atoms with van der Waals surface area (Å²) in [5, 5.41) is 4.97. The second-order valence-electron chi connectivity index (χ2n) is 9.51. The molecule has 2 aromatic carbocycles. The van der Waals surface area contributed by atoms with Crippen LogP contribution in [0.25, 0.3) is 32.2 Å². The van der Waals surface area contributed by atoms with E-state index in [-0.39, 0.29) is 11.9 Å². The summed E-state index contributed by atoms with van der Waals surface area (Å²) in [6.07, 6.45) is 3.16. The topological polar surface area (TPSA) is 71.5 Å². The van der Waals surface area contributed by atoms with Crippen LogP contribution in [-0.2, 0) is 4.79 Å². The van der Waals surface area contributed by atoms with Crippen molar-refractivity contribution in [2.75, 3.05) is 26.2 Å². The van der Waals surface area contributed by atoms with Crippen LogP contribution in [-0.4, -0.2) is 54.4 Å². The Bertz CT molecular complexity index is 1420. The Hall–Kier alpha value is -3.29. The number of carbonyl (C=O) groups excluding carboxylic acids is 2. The molecular weight excluding hydrogens is 458 g/mol. The van der Waals surface area contributed by atoms with E-state index in [2.05, 4.69) is 46.6 Å². The molecule has 0 saturated carbocycles. The minimum absolute atomic E-state index is 0.0243. The quantitative estimate of drug-likeness (QED) is 0.412. The second kappa shape index (κ2) is 9.06. The summed E-state index contributed by atoms with van der Waals surface area (Å²) in [5.41, 5.74) is 4.26. The van der Waals surface area contributed by atoms with Gasteiger partial charge in [0.1, 0.15) is 17.8 Å². The first-order chi connectivity index (χ1) is 17.1. The number of amides is 1. The van der Waals surface area contributed by atoms with Crippen LogP contribution >= 0.6 is 11.3 Å². The molecule has 4 heterocycles. The standard InChI is InChI=1S/C28H27N3O3S/c1-17-16-34-26-25-21-6-7-22(30-23(21)8-9-24(25)35-27(26)28(33)29-17)20-4-2-18(3-5-20)19-10-12-31(13-11-19)14-15-32/h2-9,15,17,19H,10-14,16H2,1H3,(H,29,33)/t17-/m1/s1. The molecule has 6 rings (SSSR count). The number of aldehydes is 1. The van der Waals surface area contributed by atoms with Crippen LogP contribution in [0.3, 0.4) is 0 Å². The number of thiophene rings is 1. The molecule has 178 valence electrons. The van der Waals surface area contributed by atoms with Gasteiger partial charge in [-0.1, -0.05) is 24.3 Å². The van der Waals surface area contributed by atoms with Crippen LogP contribution in [0, 0.1) is 0 Å². The van der Waals surface area contributed by atoms with Crippen LogP contribution in [0.1, 0.15) is 40.9 Å². The lowest BCUT2D eigenvalue weighted by atomic mass is 9.89. The molecule has 0 aliphatic carbocycles. The SMILES string of the molecule is C[C@@H]1COc2c(sc3ccc4nc(-c5ccc(C6CCN(CC=O)CC6)cc5)ccc4c23)C(=O)N1. The zero-order valence-corrected chi connectivity index (χ0v) is 20.4. The Morgan fingerprint density at radius 2 is 1.91 bits per heavy atom. The zero-order valence-electron chi connectivity index (χ0n) is 19.6. The third-order valence-electron chi connectivity index (χ3n) is 7.14. The lowest BCUT2D eigenvalue weighted by molar-refractivity contribution is -0.109. The number of benzene rings is 2. The molecule has 7 heteroatoms. The van der Waals surface area contributed by atoms with Crippen LogP contribution in [0.5, 0.6) is 5.75 Å². The number of piperidine rings is 1. The smallest absolute Gasteiger partial charge is 0.265 e. The van der Waals surface area contributed by atoms with Gasteiger partial charge in [-0.3, -0.25) is 9.69 Å². The summed E-state index contributed by atoms with van der Waals surface area (Å²) < 4.78 is 7.11. The minimum atomic E-state index is -0.0709. The summed E-state index contributed by atoms with van der Waals surface area (Å²) in [4.78, 5) is 31.2. The van der Waals surface area contributed by atoms with E-state index in [1.54, 1.807) is 0 Å². The molecule has 1 N–H and O–H groups in total. The van der Waals surface area contributed by atoms with Gasteiger partial charge in [0.15, 0.2) is 5.75 Å². The molecule has 0 bridgehead atoms. The maximum atomic E-state index is 12.6. The molecule has 0 spiro atoms. The number of rotatable bonds is 4. The molecule has 2 aliphatic rings. The molecule has 0 unspecified atom stereocenters. The van der Waals surface area contributed by atoms with Gasteiger partial charge >= 0.3 is 0 Å². The first-order valence-corrected chi connectivity index (χ1v) is 13.0. The number of fused-ring (bicyclic) bond motifs is 5. The third-order valence-corrected chi connectivity index (χ3v) is 8.27. The van der Waals surface area contributed by atoms with Crippen molar-refractivity contribution >= 4 is 44.5 Å². The summed E-state index contributed by atoms with van der Waals surface area (Å²) in [6, 6.07) is 16.9.